The zero-order valence-corrected chi connectivity index (χ0v) is 9.83. The van der Waals surface area contributed by atoms with Crippen molar-refractivity contribution in [1.82, 2.24) is 10.2 Å². The molecule has 0 saturated carbocycles. The van der Waals surface area contributed by atoms with Crippen molar-refractivity contribution in [2.45, 2.75) is 12.7 Å². The van der Waals surface area contributed by atoms with Gasteiger partial charge in [-0.3, -0.25) is 9.59 Å². The lowest BCUT2D eigenvalue weighted by Crippen LogP contribution is -2.51. The monoisotopic (exact) mass is 272 g/mol. The van der Waals surface area contributed by atoms with Crippen LogP contribution in [0.15, 0.2) is 24.3 Å². The molecule has 0 aromatic heterocycles. The second-order valence-corrected chi connectivity index (χ2v) is 4.22. The Kier molecular flexibility index (Phi) is 3.46. The SMILES string of the molecule is O=C1CN(Cc2cccc(C(F)(F)F)c2)C(=O)CN1. The standard InChI is InChI=1S/C12H11F3N2O2/c13-12(14,15)9-3-1-2-8(4-9)6-17-7-10(18)16-5-11(17)19/h1-4H,5-7H2,(H,16,18). The fraction of sp³-hybridized carbons (Fsp3) is 0.333. The third kappa shape index (κ3) is 3.24. The van der Waals surface area contributed by atoms with E-state index in [1.54, 1.807) is 0 Å². The number of nitrogens with zero attached hydrogens (tertiary/aromatic N) is 1. The first-order valence-electron chi connectivity index (χ1n) is 5.57. The van der Waals surface area contributed by atoms with Crippen molar-refractivity contribution in [3.8, 4) is 0 Å². The van der Waals surface area contributed by atoms with E-state index in [1.165, 1.54) is 17.0 Å². The predicted molar refractivity (Wildman–Crippen MR) is 59.9 cm³/mol. The van der Waals surface area contributed by atoms with E-state index in [4.69, 9.17) is 0 Å². The number of nitrogens with one attached hydrogen (secondary N) is 1. The van der Waals surface area contributed by atoms with Crippen molar-refractivity contribution in [2.75, 3.05) is 13.1 Å². The Morgan fingerprint density at radius 3 is 2.68 bits per heavy atom. The molecule has 0 radical (unpaired) electrons. The molecular formula is C12H11F3N2O2. The number of halogens is 3. The van der Waals surface area contributed by atoms with Crippen LogP contribution in [0.3, 0.4) is 0 Å². The summed E-state index contributed by atoms with van der Waals surface area (Å²) >= 11 is 0. The Morgan fingerprint density at radius 2 is 2.00 bits per heavy atom. The number of alkyl halides is 3. The van der Waals surface area contributed by atoms with Gasteiger partial charge in [0.15, 0.2) is 0 Å². The third-order valence-corrected chi connectivity index (χ3v) is 2.75. The van der Waals surface area contributed by atoms with Crippen LogP contribution < -0.4 is 5.32 Å². The highest BCUT2D eigenvalue weighted by Gasteiger charge is 2.31. The van der Waals surface area contributed by atoms with Crippen LogP contribution in [0.4, 0.5) is 13.2 Å². The second kappa shape index (κ2) is 4.91. The van der Waals surface area contributed by atoms with Crippen LogP contribution in [0.1, 0.15) is 11.1 Å². The van der Waals surface area contributed by atoms with Crippen LogP contribution in [-0.2, 0) is 22.3 Å². The fourth-order valence-electron chi connectivity index (χ4n) is 1.81. The molecule has 1 heterocycles. The lowest BCUT2D eigenvalue weighted by molar-refractivity contribution is -0.141. The van der Waals surface area contributed by atoms with Gasteiger partial charge >= 0.3 is 6.18 Å². The van der Waals surface area contributed by atoms with E-state index >= 15 is 0 Å². The molecule has 0 spiro atoms. The van der Waals surface area contributed by atoms with Crippen LogP contribution in [0.5, 0.6) is 0 Å². The van der Waals surface area contributed by atoms with Gasteiger partial charge in [0.2, 0.25) is 11.8 Å². The molecule has 2 amide bonds. The smallest absolute Gasteiger partial charge is 0.345 e. The summed E-state index contributed by atoms with van der Waals surface area (Å²) in [5.41, 5.74) is -0.420. The van der Waals surface area contributed by atoms with Crippen LogP contribution >= 0.6 is 0 Å². The minimum Gasteiger partial charge on any atom is -0.345 e. The number of hydrogen-bond acceptors (Lipinski definition) is 2. The average molecular weight is 272 g/mol. The highest BCUT2D eigenvalue weighted by Crippen LogP contribution is 2.29. The van der Waals surface area contributed by atoms with Crippen molar-refractivity contribution in [1.29, 1.82) is 0 Å². The Hall–Kier alpha value is -2.05. The summed E-state index contributed by atoms with van der Waals surface area (Å²) in [5.74, 6) is -0.622. The van der Waals surface area contributed by atoms with Crippen molar-refractivity contribution in [3.05, 3.63) is 35.4 Å². The summed E-state index contributed by atoms with van der Waals surface area (Å²) in [7, 11) is 0. The number of benzene rings is 1. The molecule has 0 atom stereocenters. The third-order valence-electron chi connectivity index (χ3n) is 2.75. The van der Waals surface area contributed by atoms with E-state index in [2.05, 4.69) is 5.32 Å². The lowest BCUT2D eigenvalue weighted by Gasteiger charge is -2.26. The Balaban J connectivity index is 2.15. The molecule has 7 heteroatoms. The van der Waals surface area contributed by atoms with Gasteiger partial charge in [-0.25, -0.2) is 0 Å². The van der Waals surface area contributed by atoms with Gasteiger partial charge in [-0.05, 0) is 17.7 Å². The van der Waals surface area contributed by atoms with E-state index in [0.29, 0.717) is 5.56 Å². The number of carbonyl (C=O) groups is 2. The van der Waals surface area contributed by atoms with Crippen molar-refractivity contribution in [3.63, 3.8) is 0 Å². The molecule has 0 aliphatic carbocycles. The molecule has 0 bridgehead atoms. The molecule has 1 N–H and O–H groups in total. The first-order chi connectivity index (χ1) is 8.86. The summed E-state index contributed by atoms with van der Waals surface area (Å²) in [6, 6.07) is 4.73. The summed E-state index contributed by atoms with van der Waals surface area (Å²) < 4.78 is 37.6. The summed E-state index contributed by atoms with van der Waals surface area (Å²) in [4.78, 5) is 23.9. The molecule has 4 nitrogen and oxygen atoms in total. The van der Waals surface area contributed by atoms with E-state index in [1.807, 2.05) is 0 Å². The van der Waals surface area contributed by atoms with Crippen LogP contribution in [0, 0.1) is 0 Å². The summed E-state index contributed by atoms with van der Waals surface area (Å²) in [5, 5.41) is 2.37. The first-order valence-corrected chi connectivity index (χ1v) is 5.57. The number of rotatable bonds is 2. The Bertz CT molecular complexity index is 514. The van der Waals surface area contributed by atoms with Gasteiger partial charge in [0.05, 0.1) is 18.7 Å². The van der Waals surface area contributed by atoms with E-state index in [9.17, 15) is 22.8 Å². The van der Waals surface area contributed by atoms with Gasteiger partial charge in [-0.1, -0.05) is 12.1 Å². The maximum absolute atomic E-state index is 12.5. The highest BCUT2D eigenvalue weighted by atomic mass is 19.4. The van der Waals surface area contributed by atoms with Crippen molar-refractivity contribution >= 4 is 11.8 Å². The minimum atomic E-state index is -4.42. The predicted octanol–water partition coefficient (Wildman–Crippen LogP) is 1.16. The van der Waals surface area contributed by atoms with Gasteiger partial charge in [0.1, 0.15) is 0 Å². The van der Waals surface area contributed by atoms with E-state index < -0.39 is 11.7 Å². The number of amides is 2. The quantitative estimate of drug-likeness (QED) is 0.878. The van der Waals surface area contributed by atoms with Crippen LogP contribution in [0.2, 0.25) is 0 Å². The van der Waals surface area contributed by atoms with E-state index in [-0.39, 0.29) is 31.4 Å². The maximum atomic E-state index is 12.5. The maximum Gasteiger partial charge on any atom is 0.416 e. The van der Waals surface area contributed by atoms with Gasteiger partial charge in [0.25, 0.3) is 0 Å². The largest absolute Gasteiger partial charge is 0.416 e. The highest BCUT2D eigenvalue weighted by molar-refractivity contribution is 5.92. The molecule has 1 aliphatic heterocycles. The van der Waals surface area contributed by atoms with Crippen molar-refractivity contribution < 1.29 is 22.8 Å². The molecule has 1 aromatic carbocycles. The fourth-order valence-corrected chi connectivity index (χ4v) is 1.81. The lowest BCUT2D eigenvalue weighted by atomic mass is 10.1. The Labute approximate surface area is 107 Å². The van der Waals surface area contributed by atoms with Gasteiger partial charge in [0, 0.05) is 6.54 Å². The van der Waals surface area contributed by atoms with Crippen LogP contribution in [0.25, 0.3) is 0 Å². The number of carbonyl (C=O) groups excluding carboxylic acids is 2. The second-order valence-electron chi connectivity index (χ2n) is 4.22. The molecule has 102 valence electrons. The molecular weight excluding hydrogens is 261 g/mol. The summed E-state index contributed by atoms with van der Waals surface area (Å²) in [6.45, 7) is -0.247. The van der Waals surface area contributed by atoms with Crippen molar-refractivity contribution in [2.24, 2.45) is 0 Å². The summed E-state index contributed by atoms with van der Waals surface area (Å²) in [6.07, 6.45) is -4.42. The molecule has 1 aliphatic rings. The van der Waals surface area contributed by atoms with Gasteiger partial charge in [-0.15, -0.1) is 0 Å². The number of piperazine rings is 1. The van der Waals surface area contributed by atoms with Gasteiger partial charge < -0.3 is 10.2 Å². The number of hydrogen-bond donors (Lipinski definition) is 1. The van der Waals surface area contributed by atoms with Gasteiger partial charge in [-0.2, -0.15) is 13.2 Å². The molecule has 0 unspecified atom stereocenters. The normalized spacial score (nSPS) is 16.5. The average Bonchev–Trinajstić information content (AvgIpc) is 2.33. The molecule has 1 fully saturated rings. The zero-order valence-electron chi connectivity index (χ0n) is 9.83. The molecule has 2 rings (SSSR count). The topological polar surface area (TPSA) is 49.4 Å². The Morgan fingerprint density at radius 1 is 1.26 bits per heavy atom. The molecule has 1 aromatic rings. The zero-order chi connectivity index (χ0) is 14.0. The minimum absolute atomic E-state index is 0.00380. The molecule has 1 saturated heterocycles. The molecule has 19 heavy (non-hydrogen) atoms. The van der Waals surface area contributed by atoms with Crippen LogP contribution in [-0.4, -0.2) is 29.8 Å². The van der Waals surface area contributed by atoms with E-state index in [0.717, 1.165) is 12.1 Å². The first kappa shape index (κ1) is 13.4.